The first-order chi connectivity index (χ1) is 4.65. The van der Waals surface area contributed by atoms with Crippen LogP contribution in [0.2, 0.25) is 0 Å². The van der Waals surface area contributed by atoms with Gasteiger partial charge in [0.15, 0.2) is 5.60 Å². The van der Waals surface area contributed by atoms with Gasteiger partial charge in [0, 0.05) is 6.61 Å². The lowest BCUT2D eigenvalue weighted by Crippen LogP contribution is -2.49. The van der Waals surface area contributed by atoms with Gasteiger partial charge in [0.05, 0.1) is 6.61 Å². The van der Waals surface area contributed by atoms with Crippen molar-refractivity contribution >= 4 is 5.91 Å². The number of nitrogens with two attached hydrogens (primary N) is 1. The SMILES string of the molecule is NC(=O)C1(O)CCCOC1. The minimum absolute atomic E-state index is 0.0440. The molecule has 0 aromatic rings. The number of rotatable bonds is 1. The predicted molar refractivity (Wildman–Crippen MR) is 34.2 cm³/mol. The summed E-state index contributed by atoms with van der Waals surface area (Å²) in [4.78, 5) is 10.6. The number of ether oxygens (including phenoxy) is 1. The molecule has 1 amide bonds. The average molecular weight is 145 g/mol. The predicted octanol–water partition coefficient (Wildman–Crippen LogP) is -0.987. The van der Waals surface area contributed by atoms with Crippen LogP contribution in [-0.4, -0.2) is 29.8 Å². The molecule has 1 atom stereocenters. The summed E-state index contributed by atoms with van der Waals surface area (Å²) in [6, 6.07) is 0. The normalized spacial score (nSPS) is 33.7. The summed E-state index contributed by atoms with van der Waals surface area (Å²) in [5.41, 5.74) is 3.53. The van der Waals surface area contributed by atoms with Gasteiger partial charge in [-0.2, -0.15) is 0 Å². The van der Waals surface area contributed by atoms with Crippen molar-refractivity contribution in [3.63, 3.8) is 0 Å². The second kappa shape index (κ2) is 2.56. The molecule has 10 heavy (non-hydrogen) atoms. The van der Waals surface area contributed by atoms with E-state index in [2.05, 4.69) is 0 Å². The Bertz CT molecular complexity index is 140. The third-order valence-corrected chi connectivity index (χ3v) is 1.68. The Kier molecular flexibility index (Phi) is 1.92. The largest absolute Gasteiger partial charge is 0.378 e. The van der Waals surface area contributed by atoms with Crippen molar-refractivity contribution in [2.24, 2.45) is 5.73 Å². The first-order valence-electron chi connectivity index (χ1n) is 3.25. The molecule has 1 aliphatic rings. The van der Waals surface area contributed by atoms with Crippen molar-refractivity contribution in [3.8, 4) is 0 Å². The van der Waals surface area contributed by atoms with Crippen molar-refractivity contribution in [1.29, 1.82) is 0 Å². The number of hydrogen-bond donors (Lipinski definition) is 2. The highest BCUT2D eigenvalue weighted by atomic mass is 16.5. The Balaban J connectivity index is 2.56. The number of hydrogen-bond acceptors (Lipinski definition) is 3. The first kappa shape index (κ1) is 7.50. The Hall–Kier alpha value is -0.610. The molecule has 3 N–H and O–H groups in total. The fraction of sp³-hybridized carbons (Fsp3) is 0.833. The zero-order valence-electron chi connectivity index (χ0n) is 5.67. The number of primary amides is 1. The van der Waals surface area contributed by atoms with Gasteiger partial charge in [-0.05, 0) is 12.8 Å². The zero-order valence-corrected chi connectivity index (χ0v) is 5.67. The Morgan fingerprint density at radius 1 is 1.70 bits per heavy atom. The van der Waals surface area contributed by atoms with Crippen LogP contribution in [0.25, 0.3) is 0 Å². The van der Waals surface area contributed by atoms with Gasteiger partial charge in [0.25, 0.3) is 5.91 Å². The molecular formula is C6H11NO3. The topological polar surface area (TPSA) is 72.6 Å². The monoisotopic (exact) mass is 145 g/mol. The second-order valence-corrected chi connectivity index (χ2v) is 2.55. The highest BCUT2D eigenvalue weighted by Gasteiger charge is 2.35. The number of carbonyl (C=O) groups is 1. The van der Waals surface area contributed by atoms with E-state index in [0.717, 1.165) is 0 Å². The van der Waals surface area contributed by atoms with Crippen LogP contribution in [0.4, 0.5) is 0 Å². The molecule has 0 aliphatic carbocycles. The average Bonchev–Trinajstić information content (AvgIpc) is 1.89. The maximum absolute atomic E-state index is 10.6. The molecule has 4 nitrogen and oxygen atoms in total. The molecule has 0 aromatic carbocycles. The highest BCUT2D eigenvalue weighted by Crippen LogP contribution is 2.17. The van der Waals surface area contributed by atoms with Gasteiger partial charge in [-0.15, -0.1) is 0 Å². The van der Waals surface area contributed by atoms with E-state index in [-0.39, 0.29) is 6.61 Å². The van der Waals surface area contributed by atoms with Gasteiger partial charge >= 0.3 is 0 Å². The first-order valence-corrected chi connectivity index (χ1v) is 3.25. The molecule has 4 heteroatoms. The van der Waals surface area contributed by atoms with Crippen molar-refractivity contribution in [1.82, 2.24) is 0 Å². The molecule has 0 radical (unpaired) electrons. The van der Waals surface area contributed by atoms with Crippen molar-refractivity contribution in [3.05, 3.63) is 0 Å². The summed E-state index contributed by atoms with van der Waals surface area (Å²) in [5.74, 6) is -0.688. The van der Waals surface area contributed by atoms with E-state index in [0.29, 0.717) is 19.4 Å². The van der Waals surface area contributed by atoms with Crippen molar-refractivity contribution < 1.29 is 14.6 Å². The van der Waals surface area contributed by atoms with Crippen LogP contribution in [0.15, 0.2) is 0 Å². The fourth-order valence-electron chi connectivity index (χ4n) is 0.974. The van der Waals surface area contributed by atoms with Crippen LogP contribution in [0, 0.1) is 0 Å². The lowest BCUT2D eigenvalue weighted by molar-refractivity contribution is -0.150. The van der Waals surface area contributed by atoms with E-state index in [1.54, 1.807) is 0 Å². The quantitative estimate of drug-likeness (QED) is 0.497. The minimum Gasteiger partial charge on any atom is -0.378 e. The maximum atomic E-state index is 10.6. The molecule has 0 bridgehead atoms. The van der Waals surface area contributed by atoms with E-state index in [4.69, 9.17) is 10.5 Å². The van der Waals surface area contributed by atoms with Gasteiger partial charge in [0.2, 0.25) is 0 Å². The summed E-state index contributed by atoms with van der Waals surface area (Å²) in [7, 11) is 0. The Labute approximate surface area is 59.0 Å². The third-order valence-electron chi connectivity index (χ3n) is 1.68. The van der Waals surface area contributed by atoms with Gasteiger partial charge in [0.1, 0.15) is 0 Å². The van der Waals surface area contributed by atoms with E-state index >= 15 is 0 Å². The summed E-state index contributed by atoms with van der Waals surface area (Å²) >= 11 is 0. The Morgan fingerprint density at radius 2 is 2.40 bits per heavy atom. The van der Waals surface area contributed by atoms with Gasteiger partial charge in [-0.25, -0.2) is 0 Å². The van der Waals surface area contributed by atoms with Crippen molar-refractivity contribution in [2.75, 3.05) is 13.2 Å². The van der Waals surface area contributed by atoms with Gasteiger partial charge in [-0.1, -0.05) is 0 Å². The summed E-state index contributed by atoms with van der Waals surface area (Å²) in [6.45, 7) is 0.651. The van der Waals surface area contributed by atoms with E-state index in [1.165, 1.54) is 0 Å². The van der Waals surface area contributed by atoms with Crippen LogP contribution in [0.5, 0.6) is 0 Å². The van der Waals surface area contributed by atoms with Gasteiger partial charge in [-0.3, -0.25) is 4.79 Å². The zero-order chi connectivity index (χ0) is 7.61. The molecule has 1 heterocycles. The number of amides is 1. The molecule has 1 aliphatic heterocycles. The maximum Gasteiger partial charge on any atom is 0.251 e. The molecule has 0 spiro atoms. The number of carbonyl (C=O) groups excluding carboxylic acids is 1. The number of aliphatic hydroxyl groups is 1. The highest BCUT2D eigenvalue weighted by molar-refractivity contribution is 5.83. The molecule has 1 unspecified atom stereocenters. The molecule has 1 rings (SSSR count). The van der Waals surface area contributed by atoms with E-state index in [9.17, 15) is 9.90 Å². The van der Waals surface area contributed by atoms with Crippen LogP contribution >= 0.6 is 0 Å². The van der Waals surface area contributed by atoms with Gasteiger partial charge < -0.3 is 15.6 Å². The summed E-state index contributed by atoms with van der Waals surface area (Å²) < 4.78 is 4.90. The minimum atomic E-state index is -1.40. The van der Waals surface area contributed by atoms with Crippen LogP contribution < -0.4 is 5.73 Å². The second-order valence-electron chi connectivity index (χ2n) is 2.55. The lowest BCUT2D eigenvalue weighted by Gasteiger charge is -2.28. The van der Waals surface area contributed by atoms with E-state index in [1.807, 2.05) is 0 Å². The standard InChI is InChI=1S/C6H11NO3/c7-5(8)6(9)2-1-3-10-4-6/h9H,1-4H2,(H2,7,8). The molecular weight excluding hydrogens is 134 g/mol. The van der Waals surface area contributed by atoms with Crippen LogP contribution in [0.3, 0.4) is 0 Å². The molecule has 0 saturated carbocycles. The lowest BCUT2D eigenvalue weighted by atomic mass is 9.96. The smallest absolute Gasteiger partial charge is 0.251 e. The molecule has 0 aromatic heterocycles. The van der Waals surface area contributed by atoms with Crippen LogP contribution in [-0.2, 0) is 9.53 Å². The molecule has 58 valence electrons. The molecule has 1 fully saturated rings. The van der Waals surface area contributed by atoms with E-state index < -0.39 is 11.5 Å². The van der Waals surface area contributed by atoms with Crippen LogP contribution in [0.1, 0.15) is 12.8 Å². The third kappa shape index (κ3) is 1.27. The summed E-state index contributed by atoms with van der Waals surface area (Å²) in [5, 5.41) is 9.35. The Morgan fingerprint density at radius 3 is 2.70 bits per heavy atom. The summed E-state index contributed by atoms with van der Waals surface area (Å²) in [6.07, 6.45) is 1.11. The fourth-order valence-corrected chi connectivity index (χ4v) is 0.974. The molecule has 1 saturated heterocycles. The van der Waals surface area contributed by atoms with Crippen molar-refractivity contribution in [2.45, 2.75) is 18.4 Å².